The SMILES string of the molecule is C=CC[C@H]1C(=O)C(C)(C)[C@@H](O)CC(=O)O[C@H](c2ccc3sc(C)nc3c2)C[C@@H]2OC2(C)CCCC(C)[C@@H]1O. The Morgan fingerprint density at radius 3 is 2.68 bits per heavy atom. The van der Waals surface area contributed by atoms with E-state index < -0.39 is 35.6 Å². The van der Waals surface area contributed by atoms with Gasteiger partial charge in [-0.2, -0.15) is 0 Å². The van der Waals surface area contributed by atoms with Crippen molar-refractivity contribution in [1.29, 1.82) is 0 Å². The third-order valence-electron chi connectivity index (χ3n) is 8.54. The molecule has 2 fully saturated rings. The van der Waals surface area contributed by atoms with Crippen LogP contribution in [-0.2, 0) is 19.1 Å². The Labute approximate surface area is 229 Å². The number of aromatic nitrogens is 1. The minimum absolute atomic E-state index is 0.0715. The van der Waals surface area contributed by atoms with Crippen LogP contribution in [-0.4, -0.2) is 50.9 Å². The molecule has 1 aromatic heterocycles. The van der Waals surface area contributed by atoms with E-state index in [4.69, 9.17) is 9.47 Å². The predicted octanol–water partition coefficient (Wildman–Crippen LogP) is 5.46. The lowest BCUT2D eigenvalue weighted by Crippen LogP contribution is -2.46. The van der Waals surface area contributed by atoms with Crippen LogP contribution in [0.2, 0.25) is 0 Å². The molecule has 2 aromatic rings. The number of aliphatic hydroxyl groups is 2. The maximum atomic E-state index is 13.6. The molecule has 7 nitrogen and oxygen atoms in total. The van der Waals surface area contributed by atoms with E-state index >= 15 is 0 Å². The summed E-state index contributed by atoms with van der Waals surface area (Å²) in [6.07, 6.45) is 1.71. The average Bonchev–Trinajstić information content (AvgIpc) is 3.32. The Morgan fingerprint density at radius 2 is 1.97 bits per heavy atom. The lowest BCUT2D eigenvalue weighted by atomic mass is 9.71. The Kier molecular flexibility index (Phi) is 8.48. The first-order valence-electron chi connectivity index (χ1n) is 13.6. The van der Waals surface area contributed by atoms with Crippen LogP contribution in [0.25, 0.3) is 10.2 Å². The van der Waals surface area contributed by atoms with Crippen molar-refractivity contribution in [2.24, 2.45) is 17.3 Å². The van der Waals surface area contributed by atoms with Gasteiger partial charge in [-0.15, -0.1) is 17.9 Å². The Balaban J connectivity index is 1.63. The number of benzene rings is 1. The number of esters is 1. The number of rotatable bonds is 3. The van der Waals surface area contributed by atoms with Crippen LogP contribution < -0.4 is 0 Å². The molecule has 8 heteroatoms. The predicted molar refractivity (Wildman–Crippen MR) is 148 cm³/mol. The number of aryl methyl sites for hydroxylation is 1. The molecule has 7 atom stereocenters. The molecule has 4 rings (SSSR count). The summed E-state index contributed by atoms with van der Waals surface area (Å²) in [6, 6.07) is 5.92. The largest absolute Gasteiger partial charge is 0.457 e. The zero-order chi connectivity index (χ0) is 27.8. The van der Waals surface area contributed by atoms with Gasteiger partial charge in [-0.05, 0) is 56.7 Å². The van der Waals surface area contributed by atoms with Crippen molar-refractivity contribution < 1.29 is 29.3 Å². The highest BCUT2D eigenvalue weighted by Gasteiger charge is 2.53. The molecular weight excluding hydrogens is 502 g/mol. The third-order valence-corrected chi connectivity index (χ3v) is 9.49. The number of ether oxygens (including phenoxy) is 2. The zero-order valence-electron chi connectivity index (χ0n) is 23.1. The molecule has 2 N–H and O–H groups in total. The van der Waals surface area contributed by atoms with Gasteiger partial charge in [0.05, 0.1) is 51.0 Å². The summed E-state index contributed by atoms with van der Waals surface area (Å²) in [7, 11) is 0. The summed E-state index contributed by atoms with van der Waals surface area (Å²) < 4.78 is 13.2. The Morgan fingerprint density at radius 1 is 1.24 bits per heavy atom. The van der Waals surface area contributed by atoms with Crippen molar-refractivity contribution in [3.63, 3.8) is 0 Å². The molecular formula is C30H41NO6S. The highest BCUT2D eigenvalue weighted by Crippen LogP contribution is 2.47. The van der Waals surface area contributed by atoms with E-state index in [1.807, 2.05) is 32.0 Å². The number of hydrogen-bond donors (Lipinski definition) is 2. The van der Waals surface area contributed by atoms with Gasteiger partial charge in [0, 0.05) is 12.3 Å². The molecule has 0 spiro atoms. The fourth-order valence-electron chi connectivity index (χ4n) is 5.70. The monoisotopic (exact) mass is 543 g/mol. The molecule has 2 aliphatic rings. The van der Waals surface area contributed by atoms with Gasteiger partial charge >= 0.3 is 5.97 Å². The molecule has 38 heavy (non-hydrogen) atoms. The van der Waals surface area contributed by atoms with E-state index in [9.17, 15) is 19.8 Å². The van der Waals surface area contributed by atoms with Crippen LogP contribution in [0, 0.1) is 24.2 Å². The summed E-state index contributed by atoms with van der Waals surface area (Å²) in [4.78, 5) is 31.3. The van der Waals surface area contributed by atoms with E-state index in [2.05, 4.69) is 18.5 Å². The molecule has 2 aliphatic heterocycles. The van der Waals surface area contributed by atoms with Gasteiger partial charge in [0.2, 0.25) is 0 Å². The maximum Gasteiger partial charge on any atom is 0.309 e. The number of fused-ring (bicyclic) bond motifs is 2. The van der Waals surface area contributed by atoms with E-state index in [-0.39, 0.29) is 29.8 Å². The van der Waals surface area contributed by atoms with Gasteiger partial charge in [-0.25, -0.2) is 4.98 Å². The number of cyclic esters (lactones) is 1. The molecule has 0 aliphatic carbocycles. The summed E-state index contributed by atoms with van der Waals surface area (Å²) in [6.45, 7) is 13.0. The van der Waals surface area contributed by atoms with E-state index in [1.54, 1.807) is 31.3 Å². The second-order valence-corrected chi connectivity index (χ2v) is 13.1. The lowest BCUT2D eigenvalue weighted by molar-refractivity contribution is -0.156. The van der Waals surface area contributed by atoms with Crippen molar-refractivity contribution in [2.75, 3.05) is 0 Å². The van der Waals surface area contributed by atoms with Crippen LogP contribution in [0.1, 0.15) is 82.9 Å². The molecule has 208 valence electrons. The number of nitrogens with zero attached hydrogens (tertiary/aromatic N) is 1. The fraction of sp³-hybridized carbons (Fsp3) is 0.633. The highest BCUT2D eigenvalue weighted by atomic mass is 32.1. The number of thiazole rings is 1. The van der Waals surface area contributed by atoms with Crippen LogP contribution >= 0.6 is 11.3 Å². The molecule has 0 amide bonds. The molecule has 0 radical (unpaired) electrons. The van der Waals surface area contributed by atoms with Gasteiger partial charge in [-0.1, -0.05) is 39.3 Å². The molecule has 2 unspecified atom stereocenters. The normalized spacial score (nSPS) is 34.9. The van der Waals surface area contributed by atoms with Gasteiger partial charge in [0.15, 0.2) is 0 Å². The second-order valence-electron chi connectivity index (χ2n) is 11.9. The molecule has 2 saturated heterocycles. The molecule has 1 aromatic carbocycles. The highest BCUT2D eigenvalue weighted by molar-refractivity contribution is 7.18. The van der Waals surface area contributed by atoms with Crippen LogP contribution in [0.5, 0.6) is 0 Å². The molecule has 3 heterocycles. The maximum absolute atomic E-state index is 13.6. The fourth-order valence-corrected chi connectivity index (χ4v) is 6.51. The Hall–Kier alpha value is -2.13. The Bertz CT molecular complexity index is 1190. The first-order chi connectivity index (χ1) is 17.9. The minimum Gasteiger partial charge on any atom is -0.457 e. The number of allylic oxidation sites excluding steroid dienone is 1. The number of aliphatic hydroxyl groups excluding tert-OH is 2. The quantitative estimate of drug-likeness (QED) is 0.301. The van der Waals surface area contributed by atoms with E-state index in [0.29, 0.717) is 12.8 Å². The van der Waals surface area contributed by atoms with E-state index in [0.717, 1.165) is 40.1 Å². The zero-order valence-corrected chi connectivity index (χ0v) is 23.9. The van der Waals surface area contributed by atoms with Crippen molar-refractivity contribution in [3.8, 4) is 0 Å². The van der Waals surface area contributed by atoms with E-state index in [1.165, 1.54) is 0 Å². The third kappa shape index (κ3) is 6.03. The van der Waals surface area contributed by atoms with Crippen LogP contribution in [0.15, 0.2) is 30.9 Å². The number of carbonyl (C=O) groups is 2. The number of ketones is 1. The first-order valence-corrected chi connectivity index (χ1v) is 14.4. The lowest BCUT2D eigenvalue weighted by Gasteiger charge is -2.35. The standard InChI is InChI=1S/C30H41NO6S/c1-7-9-20-27(34)17(2)10-8-13-30(6)25(37-30)15-22(19-11-12-23-21(14-19)31-18(3)38-23)36-26(33)16-24(32)29(4,5)28(20)35/h7,11-12,14,17,20,22,24-25,27,32,34H,1,8-10,13,15-16H2,2-6H3/t17?,20-,22+,24+,25+,27+,30?/m1/s1. The summed E-state index contributed by atoms with van der Waals surface area (Å²) in [5.41, 5.74) is 0.115. The van der Waals surface area contributed by atoms with Crippen molar-refractivity contribution >= 4 is 33.3 Å². The van der Waals surface area contributed by atoms with Crippen LogP contribution in [0.3, 0.4) is 0 Å². The van der Waals surface area contributed by atoms with Crippen molar-refractivity contribution in [3.05, 3.63) is 41.4 Å². The number of carbonyl (C=O) groups excluding carboxylic acids is 2. The summed E-state index contributed by atoms with van der Waals surface area (Å²) >= 11 is 1.61. The minimum atomic E-state index is -1.27. The van der Waals surface area contributed by atoms with Gasteiger partial charge < -0.3 is 19.7 Å². The topological polar surface area (TPSA) is 109 Å². The van der Waals surface area contributed by atoms with Crippen LogP contribution in [0.4, 0.5) is 0 Å². The number of epoxide rings is 1. The summed E-state index contributed by atoms with van der Waals surface area (Å²) in [5.74, 6) is -1.68. The first kappa shape index (κ1) is 28.9. The second kappa shape index (κ2) is 11.2. The average molecular weight is 544 g/mol. The van der Waals surface area contributed by atoms with Gasteiger partial charge in [-0.3, -0.25) is 9.59 Å². The molecule has 0 saturated carbocycles. The van der Waals surface area contributed by atoms with Gasteiger partial charge in [0.1, 0.15) is 11.9 Å². The number of hydrogen-bond acceptors (Lipinski definition) is 8. The number of Topliss-reactive ketones (excluding diaryl/α,β-unsaturated/α-hetero) is 1. The molecule has 0 bridgehead atoms. The summed E-state index contributed by atoms with van der Waals surface area (Å²) in [5, 5.41) is 23.2. The smallest absolute Gasteiger partial charge is 0.309 e. The van der Waals surface area contributed by atoms with Gasteiger partial charge in [0.25, 0.3) is 0 Å². The van der Waals surface area contributed by atoms with Crippen molar-refractivity contribution in [1.82, 2.24) is 4.98 Å². The van der Waals surface area contributed by atoms with Crippen molar-refractivity contribution in [2.45, 2.75) is 103 Å².